The minimum absolute atomic E-state index is 0.00627. The SMILES string of the molecule is O=C(c1ccoc1)c1cc(C(F)(F)F)ccc1F. The molecule has 0 fully saturated rings. The number of ketones is 1. The molecule has 6 heteroatoms. The van der Waals surface area contributed by atoms with E-state index in [1.807, 2.05) is 0 Å². The standard InChI is InChI=1S/C12H6F4O2/c13-10-2-1-8(12(14,15)16)5-9(10)11(17)7-3-4-18-6-7/h1-6H. The minimum Gasteiger partial charge on any atom is -0.472 e. The van der Waals surface area contributed by atoms with Gasteiger partial charge in [0.05, 0.1) is 23.0 Å². The predicted molar refractivity (Wildman–Crippen MR) is 53.5 cm³/mol. The topological polar surface area (TPSA) is 30.2 Å². The van der Waals surface area contributed by atoms with E-state index >= 15 is 0 Å². The molecule has 0 unspecified atom stereocenters. The van der Waals surface area contributed by atoms with Crippen LogP contribution >= 0.6 is 0 Å². The van der Waals surface area contributed by atoms with E-state index in [0.717, 1.165) is 6.26 Å². The fourth-order valence-corrected chi connectivity index (χ4v) is 1.42. The number of hydrogen-bond donors (Lipinski definition) is 0. The Morgan fingerprint density at radius 2 is 1.89 bits per heavy atom. The lowest BCUT2D eigenvalue weighted by molar-refractivity contribution is -0.137. The van der Waals surface area contributed by atoms with E-state index in [9.17, 15) is 22.4 Å². The van der Waals surface area contributed by atoms with E-state index in [4.69, 9.17) is 0 Å². The van der Waals surface area contributed by atoms with E-state index < -0.39 is 28.9 Å². The summed E-state index contributed by atoms with van der Waals surface area (Å²) in [7, 11) is 0. The van der Waals surface area contributed by atoms with Gasteiger partial charge in [0.2, 0.25) is 0 Å². The highest BCUT2D eigenvalue weighted by molar-refractivity contribution is 6.09. The molecule has 0 saturated carbocycles. The summed E-state index contributed by atoms with van der Waals surface area (Å²) < 4.78 is 55.4. The molecule has 2 aromatic rings. The number of halogens is 4. The van der Waals surface area contributed by atoms with Crippen LogP contribution in [-0.2, 0) is 6.18 Å². The molecule has 0 aliphatic carbocycles. The molecule has 2 rings (SSSR count). The first-order valence-corrected chi connectivity index (χ1v) is 4.83. The first-order chi connectivity index (χ1) is 8.39. The fourth-order valence-electron chi connectivity index (χ4n) is 1.42. The Kier molecular flexibility index (Phi) is 2.94. The van der Waals surface area contributed by atoms with Gasteiger partial charge in [0.25, 0.3) is 0 Å². The zero-order valence-electron chi connectivity index (χ0n) is 8.79. The lowest BCUT2D eigenvalue weighted by Crippen LogP contribution is -2.09. The van der Waals surface area contributed by atoms with Gasteiger partial charge in [-0.15, -0.1) is 0 Å². The second-order valence-corrected chi connectivity index (χ2v) is 3.53. The summed E-state index contributed by atoms with van der Waals surface area (Å²) in [4.78, 5) is 11.7. The Hall–Kier alpha value is -2.11. The quantitative estimate of drug-likeness (QED) is 0.607. The molecular weight excluding hydrogens is 252 g/mol. The molecule has 0 aliphatic heterocycles. The van der Waals surface area contributed by atoms with Crippen LogP contribution in [0.3, 0.4) is 0 Å². The average Bonchev–Trinajstić information content (AvgIpc) is 2.80. The smallest absolute Gasteiger partial charge is 0.416 e. The molecule has 0 aliphatic rings. The number of benzene rings is 1. The second kappa shape index (κ2) is 4.29. The van der Waals surface area contributed by atoms with E-state index in [0.29, 0.717) is 18.2 Å². The molecule has 0 N–H and O–H groups in total. The summed E-state index contributed by atoms with van der Waals surface area (Å²) in [6.07, 6.45) is -2.40. The predicted octanol–water partition coefficient (Wildman–Crippen LogP) is 3.67. The van der Waals surface area contributed by atoms with Crippen LogP contribution in [0.15, 0.2) is 41.2 Å². The van der Waals surface area contributed by atoms with Gasteiger partial charge in [-0.3, -0.25) is 4.79 Å². The van der Waals surface area contributed by atoms with Gasteiger partial charge in [-0.1, -0.05) is 0 Å². The molecule has 2 nitrogen and oxygen atoms in total. The molecule has 0 saturated heterocycles. The number of alkyl halides is 3. The van der Waals surface area contributed by atoms with Gasteiger partial charge in [0.1, 0.15) is 12.1 Å². The van der Waals surface area contributed by atoms with Crippen molar-refractivity contribution in [3.05, 3.63) is 59.3 Å². The van der Waals surface area contributed by atoms with Crippen LogP contribution in [0, 0.1) is 5.82 Å². The van der Waals surface area contributed by atoms with E-state index in [2.05, 4.69) is 4.42 Å². The van der Waals surface area contributed by atoms with Crippen molar-refractivity contribution >= 4 is 5.78 Å². The molecule has 0 bridgehead atoms. The van der Waals surface area contributed by atoms with Crippen LogP contribution in [0.25, 0.3) is 0 Å². The molecular formula is C12H6F4O2. The average molecular weight is 258 g/mol. The van der Waals surface area contributed by atoms with Crippen molar-refractivity contribution in [3.8, 4) is 0 Å². The highest BCUT2D eigenvalue weighted by Gasteiger charge is 2.32. The highest BCUT2D eigenvalue weighted by atomic mass is 19.4. The normalized spacial score (nSPS) is 11.6. The summed E-state index contributed by atoms with van der Waals surface area (Å²) in [5, 5.41) is 0. The number of hydrogen-bond acceptors (Lipinski definition) is 2. The van der Waals surface area contributed by atoms with Gasteiger partial charge in [-0.2, -0.15) is 13.2 Å². The fraction of sp³-hybridized carbons (Fsp3) is 0.0833. The van der Waals surface area contributed by atoms with Crippen LogP contribution in [-0.4, -0.2) is 5.78 Å². The van der Waals surface area contributed by atoms with Crippen LogP contribution in [0.2, 0.25) is 0 Å². The van der Waals surface area contributed by atoms with E-state index in [1.54, 1.807) is 0 Å². The second-order valence-electron chi connectivity index (χ2n) is 3.53. The third kappa shape index (κ3) is 2.27. The molecule has 0 radical (unpaired) electrons. The van der Waals surface area contributed by atoms with Crippen molar-refractivity contribution in [2.45, 2.75) is 6.18 Å². The zero-order chi connectivity index (χ0) is 13.3. The number of carbonyl (C=O) groups excluding carboxylic acids is 1. The monoisotopic (exact) mass is 258 g/mol. The maximum atomic E-state index is 13.4. The van der Waals surface area contributed by atoms with Gasteiger partial charge < -0.3 is 4.42 Å². The first kappa shape index (κ1) is 12.3. The molecule has 0 spiro atoms. The molecule has 94 valence electrons. The van der Waals surface area contributed by atoms with Crippen molar-refractivity contribution in [1.82, 2.24) is 0 Å². The van der Waals surface area contributed by atoms with Gasteiger partial charge in [0, 0.05) is 0 Å². The maximum Gasteiger partial charge on any atom is 0.416 e. The number of furan rings is 1. The largest absolute Gasteiger partial charge is 0.472 e. The minimum atomic E-state index is -4.63. The van der Waals surface area contributed by atoms with Crippen LogP contribution in [0.1, 0.15) is 21.5 Å². The summed E-state index contributed by atoms with van der Waals surface area (Å²) in [5.74, 6) is -1.86. The summed E-state index contributed by atoms with van der Waals surface area (Å²) in [6, 6.07) is 2.95. The Bertz CT molecular complexity index is 570. The van der Waals surface area contributed by atoms with Crippen molar-refractivity contribution in [3.63, 3.8) is 0 Å². The molecule has 1 heterocycles. The Morgan fingerprint density at radius 3 is 2.44 bits per heavy atom. The first-order valence-electron chi connectivity index (χ1n) is 4.83. The summed E-state index contributed by atoms with van der Waals surface area (Å²) >= 11 is 0. The van der Waals surface area contributed by atoms with Crippen molar-refractivity contribution in [1.29, 1.82) is 0 Å². The van der Waals surface area contributed by atoms with E-state index in [-0.39, 0.29) is 5.56 Å². The summed E-state index contributed by atoms with van der Waals surface area (Å²) in [5.41, 5.74) is -1.71. The highest BCUT2D eigenvalue weighted by Crippen LogP contribution is 2.30. The van der Waals surface area contributed by atoms with Crippen molar-refractivity contribution < 1.29 is 26.8 Å². The Labute approximate surface area is 98.8 Å². The molecule has 1 aromatic carbocycles. The third-order valence-electron chi connectivity index (χ3n) is 2.32. The zero-order valence-corrected chi connectivity index (χ0v) is 8.79. The van der Waals surface area contributed by atoms with Crippen molar-refractivity contribution in [2.24, 2.45) is 0 Å². The van der Waals surface area contributed by atoms with E-state index in [1.165, 1.54) is 12.3 Å². The van der Waals surface area contributed by atoms with Gasteiger partial charge in [-0.25, -0.2) is 4.39 Å². The van der Waals surface area contributed by atoms with Gasteiger partial charge in [-0.05, 0) is 24.3 Å². The maximum absolute atomic E-state index is 13.4. The lowest BCUT2D eigenvalue weighted by Gasteiger charge is -2.08. The van der Waals surface area contributed by atoms with Crippen LogP contribution in [0.5, 0.6) is 0 Å². The van der Waals surface area contributed by atoms with Gasteiger partial charge in [0.15, 0.2) is 5.78 Å². The Balaban J connectivity index is 2.48. The molecule has 0 amide bonds. The molecule has 18 heavy (non-hydrogen) atoms. The van der Waals surface area contributed by atoms with Crippen LogP contribution < -0.4 is 0 Å². The summed E-state index contributed by atoms with van der Waals surface area (Å²) in [6.45, 7) is 0. The van der Waals surface area contributed by atoms with Crippen molar-refractivity contribution in [2.75, 3.05) is 0 Å². The molecule has 0 atom stereocenters. The third-order valence-corrected chi connectivity index (χ3v) is 2.32. The lowest BCUT2D eigenvalue weighted by atomic mass is 10.0. The number of carbonyl (C=O) groups is 1. The molecule has 1 aromatic heterocycles. The number of rotatable bonds is 2. The Morgan fingerprint density at radius 1 is 1.17 bits per heavy atom. The van der Waals surface area contributed by atoms with Crippen LogP contribution in [0.4, 0.5) is 17.6 Å². The van der Waals surface area contributed by atoms with Gasteiger partial charge >= 0.3 is 6.18 Å².